The summed E-state index contributed by atoms with van der Waals surface area (Å²) in [6.45, 7) is 0. The number of hydrogen-bond acceptors (Lipinski definition) is 0. The molecule has 0 amide bonds. The molecule has 0 radical (unpaired) electrons. The summed E-state index contributed by atoms with van der Waals surface area (Å²) in [5.41, 5.74) is 3.66. The number of hydrogen-bond donors (Lipinski definition) is 0. The zero-order chi connectivity index (χ0) is 31.6. The first kappa shape index (κ1) is 31.4. The van der Waals surface area contributed by atoms with Crippen molar-refractivity contribution in [1.82, 2.24) is 0 Å². The van der Waals surface area contributed by atoms with Crippen molar-refractivity contribution >= 4 is 10.8 Å². The van der Waals surface area contributed by atoms with Crippen molar-refractivity contribution in [3.05, 3.63) is 47.5 Å². The van der Waals surface area contributed by atoms with Gasteiger partial charge in [-0.2, -0.15) is 0 Å². The van der Waals surface area contributed by atoms with E-state index in [9.17, 15) is 0 Å². The van der Waals surface area contributed by atoms with Crippen molar-refractivity contribution < 1.29 is 0 Å². The summed E-state index contributed by atoms with van der Waals surface area (Å²) in [5.74, 6) is 14.0. The van der Waals surface area contributed by atoms with Crippen molar-refractivity contribution in [2.45, 2.75) is 166 Å². The van der Waals surface area contributed by atoms with Gasteiger partial charge >= 0.3 is 0 Å². The van der Waals surface area contributed by atoms with Crippen molar-refractivity contribution in [2.24, 2.45) is 71.0 Å². The third-order valence-electron chi connectivity index (χ3n) is 17.9. The number of fused-ring (bicyclic) bond motifs is 6. The molecule has 0 heterocycles. The topological polar surface area (TPSA) is 0 Å². The third-order valence-corrected chi connectivity index (χ3v) is 17.9. The lowest BCUT2D eigenvalue weighted by atomic mass is 9.57. The molecular formula is C48H68. The number of rotatable bonds is 6. The van der Waals surface area contributed by atoms with Crippen LogP contribution in [0.2, 0.25) is 0 Å². The fourth-order valence-electron chi connectivity index (χ4n) is 16.5. The number of benzene rings is 2. The monoisotopic (exact) mass is 645 g/mol. The van der Waals surface area contributed by atoms with E-state index in [2.05, 4.69) is 36.4 Å². The van der Waals surface area contributed by atoms with Gasteiger partial charge in [0.05, 0.1) is 0 Å². The molecule has 0 aromatic heterocycles. The lowest BCUT2D eigenvalue weighted by Crippen LogP contribution is -2.40. The maximum atomic E-state index is 2.67. The van der Waals surface area contributed by atoms with Gasteiger partial charge in [0.2, 0.25) is 0 Å². The van der Waals surface area contributed by atoms with Crippen LogP contribution in [-0.4, -0.2) is 0 Å². The van der Waals surface area contributed by atoms with Crippen LogP contribution in [0, 0.1) is 71.0 Å². The first-order valence-corrected chi connectivity index (χ1v) is 22.4. The molecule has 48 heavy (non-hydrogen) atoms. The van der Waals surface area contributed by atoms with Gasteiger partial charge in [0, 0.05) is 0 Å². The molecule has 0 aliphatic heterocycles. The van der Waals surface area contributed by atoms with Gasteiger partial charge < -0.3 is 0 Å². The van der Waals surface area contributed by atoms with E-state index >= 15 is 0 Å². The normalized spacial score (nSPS) is 41.2. The fraction of sp³-hybridized carbons (Fsp3) is 0.792. The SMILES string of the molecule is c1cc2c3c(cccc3c1)C1C2C(C2CCCCC2)C(C(CC2C3CCCCC3C3CCCCC32)C2CCCCC2)C1C1CCCCC1. The molecule has 0 heteroatoms. The second kappa shape index (κ2) is 13.4. The molecule has 7 saturated carbocycles. The Labute approximate surface area is 294 Å². The van der Waals surface area contributed by atoms with Gasteiger partial charge in [-0.3, -0.25) is 0 Å². The van der Waals surface area contributed by atoms with E-state index in [0.29, 0.717) is 0 Å². The van der Waals surface area contributed by atoms with E-state index < -0.39 is 0 Å². The minimum absolute atomic E-state index is 0.811. The zero-order valence-electron chi connectivity index (χ0n) is 30.5. The summed E-state index contributed by atoms with van der Waals surface area (Å²) in [4.78, 5) is 0. The smallest absolute Gasteiger partial charge is 0.00499 e. The molecule has 0 nitrogen and oxygen atoms in total. The molecule has 0 N–H and O–H groups in total. The highest BCUT2D eigenvalue weighted by molar-refractivity contribution is 5.92. The maximum Gasteiger partial charge on any atom is -0.00499 e. The highest BCUT2D eigenvalue weighted by Crippen LogP contribution is 2.71. The summed E-state index contributed by atoms with van der Waals surface area (Å²) in [6.07, 6.45) is 37.2. The molecule has 2 aromatic rings. The van der Waals surface area contributed by atoms with Crippen LogP contribution >= 0.6 is 0 Å². The summed E-state index contributed by atoms with van der Waals surface area (Å²) in [5, 5.41) is 3.29. The molecule has 2 aromatic carbocycles. The quantitative estimate of drug-likeness (QED) is 0.293. The highest BCUT2D eigenvalue weighted by atomic mass is 14.7. The minimum atomic E-state index is 0.811. The first-order valence-electron chi connectivity index (χ1n) is 22.4. The molecule has 0 saturated heterocycles. The van der Waals surface area contributed by atoms with Crippen LogP contribution in [0.1, 0.15) is 177 Å². The second-order valence-electron chi connectivity index (χ2n) is 19.6. The Balaban J connectivity index is 1.12. The van der Waals surface area contributed by atoms with Crippen molar-refractivity contribution in [2.75, 3.05) is 0 Å². The van der Waals surface area contributed by atoms with Gasteiger partial charge in [-0.25, -0.2) is 0 Å². The molecule has 0 bridgehead atoms. The van der Waals surface area contributed by atoms with Gasteiger partial charge in [-0.05, 0) is 137 Å². The molecule has 10 rings (SSSR count). The van der Waals surface area contributed by atoms with Crippen molar-refractivity contribution in [3.63, 3.8) is 0 Å². The lowest BCUT2D eigenvalue weighted by Gasteiger charge is -2.48. The van der Waals surface area contributed by atoms with Crippen LogP contribution in [0.5, 0.6) is 0 Å². The van der Waals surface area contributed by atoms with Gasteiger partial charge in [-0.15, -0.1) is 0 Å². The van der Waals surface area contributed by atoms with Crippen LogP contribution in [0.25, 0.3) is 10.8 Å². The summed E-state index contributed by atoms with van der Waals surface area (Å²) < 4.78 is 0. The van der Waals surface area contributed by atoms with Gasteiger partial charge in [0.25, 0.3) is 0 Å². The van der Waals surface area contributed by atoms with Crippen LogP contribution in [0.4, 0.5) is 0 Å². The largest absolute Gasteiger partial charge is 0.0613 e. The molecule has 9 atom stereocenters. The first-order chi connectivity index (χ1) is 23.9. The predicted octanol–water partition coefficient (Wildman–Crippen LogP) is 13.9. The Kier molecular flexibility index (Phi) is 8.74. The van der Waals surface area contributed by atoms with E-state index in [1.807, 2.05) is 11.1 Å². The third kappa shape index (κ3) is 5.15. The van der Waals surface area contributed by atoms with E-state index in [0.717, 1.165) is 82.9 Å². The fourth-order valence-corrected chi connectivity index (χ4v) is 16.5. The maximum absolute atomic E-state index is 2.67. The van der Waals surface area contributed by atoms with Crippen LogP contribution < -0.4 is 0 Å². The van der Waals surface area contributed by atoms with Crippen LogP contribution in [0.15, 0.2) is 36.4 Å². The Bertz CT molecular complexity index is 1310. The van der Waals surface area contributed by atoms with E-state index in [1.54, 1.807) is 107 Å². The molecule has 8 aliphatic carbocycles. The molecule has 8 aliphatic rings. The molecule has 9 unspecified atom stereocenters. The Morgan fingerprint density at radius 3 is 1.40 bits per heavy atom. The Morgan fingerprint density at radius 2 is 0.896 bits per heavy atom. The average Bonchev–Trinajstić information content (AvgIpc) is 3.79. The predicted molar refractivity (Wildman–Crippen MR) is 202 cm³/mol. The standard InChI is InChI=1S/C48H68/c1-4-16-31(17-5-1)41(30-42-37-26-12-10-24-35(37)36-25-11-13-27-38(36)42)48-44(33-18-6-2-7-19-33)46-39-28-14-22-32-23-15-29-40(43(32)39)47(46)45(48)34-20-8-3-9-21-34/h14-15,22-23,28-29,31,33-38,41-42,44-48H,1-13,16-21,24-27,30H2. The highest BCUT2D eigenvalue weighted by Gasteiger charge is 2.62. The minimum Gasteiger partial charge on any atom is -0.0613 e. The van der Waals surface area contributed by atoms with Crippen molar-refractivity contribution in [3.8, 4) is 0 Å². The zero-order valence-corrected chi connectivity index (χ0v) is 30.5. The molecule has 260 valence electrons. The summed E-state index contributed by atoms with van der Waals surface area (Å²) >= 11 is 0. The Hall–Kier alpha value is -1.30. The second-order valence-corrected chi connectivity index (χ2v) is 19.6. The van der Waals surface area contributed by atoms with Crippen molar-refractivity contribution in [1.29, 1.82) is 0 Å². The van der Waals surface area contributed by atoms with Gasteiger partial charge in [0.15, 0.2) is 0 Å². The molecule has 7 fully saturated rings. The molecular weight excluding hydrogens is 577 g/mol. The lowest BCUT2D eigenvalue weighted by molar-refractivity contribution is 0.0191. The van der Waals surface area contributed by atoms with Crippen LogP contribution in [0.3, 0.4) is 0 Å². The Morgan fingerprint density at radius 1 is 0.458 bits per heavy atom. The van der Waals surface area contributed by atoms with Gasteiger partial charge in [0.1, 0.15) is 0 Å². The van der Waals surface area contributed by atoms with E-state index in [1.165, 1.54) is 57.8 Å². The summed E-state index contributed by atoms with van der Waals surface area (Å²) in [6, 6.07) is 15.2. The van der Waals surface area contributed by atoms with E-state index in [-0.39, 0.29) is 0 Å². The average molecular weight is 645 g/mol. The van der Waals surface area contributed by atoms with Gasteiger partial charge in [-0.1, -0.05) is 158 Å². The van der Waals surface area contributed by atoms with E-state index in [4.69, 9.17) is 0 Å². The summed E-state index contributed by atoms with van der Waals surface area (Å²) in [7, 11) is 0. The van der Waals surface area contributed by atoms with Crippen LogP contribution in [-0.2, 0) is 0 Å². The molecule has 0 spiro atoms.